The second-order valence-corrected chi connectivity index (χ2v) is 6.24. The zero-order valence-corrected chi connectivity index (χ0v) is 12.4. The lowest BCUT2D eigenvalue weighted by molar-refractivity contribution is 0.0849. The maximum Gasteiger partial charge on any atom is 0.0343 e. The van der Waals surface area contributed by atoms with Gasteiger partial charge in [0.15, 0.2) is 0 Å². The summed E-state index contributed by atoms with van der Waals surface area (Å²) < 4.78 is 0. The zero-order valence-electron chi connectivity index (χ0n) is 12.4. The van der Waals surface area contributed by atoms with E-state index >= 15 is 0 Å². The number of benzene rings is 1. The highest BCUT2D eigenvalue weighted by molar-refractivity contribution is 5.14. The van der Waals surface area contributed by atoms with E-state index < -0.39 is 0 Å². The van der Waals surface area contributed by atoms with E-state index in [0.717, 1.165) is 6.54 Å². The molecule has 3 rings (SSSR count). The summed E-state index contributed by atoms with van der Waals surface area (Å²) in [7, 11) is 0. The minimum Gasteiger partial charge on any atom is -0.297 e. The van der Waals surface area contributed by atoms with Crippen molar-refractivity contribution in [2.75, 3.05) is 26.2 Å². The second-order valence-electron chi connectivity index (χ2n) is 6.24. The van der Waals surface area contributed by atoms with Crippen LogP contribution >= 0.6 is 0 Å². The van der Waals surface area contributed by atoms with E-state index in [-0.39, 0.29) is 0 Å². The van der Waals surface area contributed by atoms with E-state index in [9.17, 15) is 0 Å². The molecule has 2 aliphatic rings. The van der Waals surface area contributed by atoms with Gasteiger partial charge in [0.1, 0.15) is 0 Å². The Morgan fingerprint density at radius 2 is 1.75 bits per heavy atom. The largest absolute Gasteiger partial charge is 0.297 e. The number of hydrogen-bond donors (Lipinski definition) is 1. The van der Waals surface area contributed by atoms with Gasteiger partial charge in [0.25, 0.3) is 0 Å². The monoisotopic (exact) mass is 273 g/mol. The molecule has 20 heavy (non-hydrogen) atoms. The predicted octanol–water partition coefficient (Wildman–Crippen LogP) is 2.64. The molecule has 0 aliphatic carbocycles. The third-order valence-electron chi connectivity index (χ3n) is 4.48. The number of hydrogen-bond acceptors (Lipinski definition) is 3. The Balaban J connectivity index is 1.48. The van der Waals surface area contributed by atoms with Gasteiger partial charge in [0, 0.05) is 32.2 Å². The van der Waals surface area contributed by atoms with Crippen LogP contribution in [0.2, 0.25) is 0 Å². The minimum atomic E-state index is 0.644. The molecule has 2 aliphatic heterocycles. The lowest BCUT2D eigenvalue weighted by Crippen LogP contribution is -2.53. The molecule has 0 radical (unpaired) electrons. The molecule has 1 unspecified atom stereocenters. The molecule has 0 amide bonds. The van der Waals surface area contributed by atoms with Gasteiger partial charge in [0.05, 0.1) is 0 Å². The number of likely N-dealkylation sites (tertiary alicyclic amines) is 1. The average Bonchev–Trinajstić information content (AvgIpc) is 2.50. The summed E-state index contributed by atoms with van der Waals surface area (Å²) in [5.41, 5.74) is 5.20. The third-order valence-corrected chi connectivity index (χ3v) is 4.48. The lowest BCUT2D eigenvalue weighted by Gasteiger charge is -2.37. The van der Waals surface area contributed by atoms with E-state index in [1.807, 2.05) is 0 Å². The van der Waals surface area contributed by atoms with Crippen LogP contribution in [0.1, 0.15) is 37.7 Å². The fourth-order valence-corrected chi connectivity index (χ4v) is 3.43. The molecule has 0 saturated carbocycles. The van der Waals surface area contributed by atoms with Crippen LogP contribution in [0.3, 0.4) is 0 Å². The first-order valence-corrected chi connectivity index (χ1v) is 8.17. The Hall–Kier alpha value is -0.900. The Morgan fingerprint density at radius 3 is 2.55 bits per heavy atom. The molecule has 2 saturated heterocycles. The van der Waals surface area contributed by atoms with Crippen LogP contribution in [0, 0.1) is 0 Å². The predicted molar refractivity (Wildman–Crippen MR) is 83.3 cm³/mol. The van der Waals surface area contributed by atoms with Gasteiger partial charge < -0.3 is 0 Å². The highest BCUT2D eigenvalue weighted by Gasteiger charge is 2.22. The summed E-state index contributed by atoms with van der Waals surface area (Å²) in [5.74, 6) is 0. The van der Waals surface area contributed by atoms with Crippen LogP contribution in [-0.2, 0) is 6.54 Å². The Kier molecular flexibility index (Phi) is 5.06. The number of hydrazine groups is 1. The Bertz CT molecular complexity index is 386. The fraction of sp³-hybridized carbons (Fsp3) is 0.647. The molecule has 0 bridgehead atoms. The van der Waals surface area contributed by atoms with E-state index in [0.29, 0.717) is 6.04 Å². The molecular formula is C17H27N3. The maximum absolute atomic E-state index is 3.77. The summed E-state index contributed by atoms with van der Waals surface area (Å²) in [6.45, 7) is 5.99. The van der Waals surface area contributed by atoms with Crippen molar-refractivity contribution < 1.29 is 0 Å². The van der Waals surface area contributed by atoms with Crippen LogP contribution in [0.5, 0.6) is 0 Å². The van der Waals surface area contributed by atoms with Crippen LogP contribution in [0.15, 0.2) is 30.3 Å². The van der Waals surface area contributed by atoms with Gasteiger partial charge in [-0.1, -0.05) is 36.8 Å². The highest BCUT2D eigenvalue weighted by atomic mass is 15.5. The van der Waals surface area contributed by atoms with Crippen LogP contribution in [0.25, 0.3) is 0 Å². The van der Waals surface area contributed by atoms with E-state index in [1.165, 1.54) is 63.8 Å². The fourth-order valence-electron chi connectivity index (χ4n) is 3.43. The Morgan fingerprint density at radius 1 is 0.950 bits per heavy atom. The summed E-state index contributed by atoms with van der Waals surface area (Å²) in [6.07, 6.45) is 6.75. The number of rotatable bonds is 4. The standard InChI is InChI=1S/C17H27N3/c1-3-8-16(9-4-1)14-19-11-7-10-17(15-19)18-20-12-5-2-6-13-20/h1,3-4,8-9,17-18H,2,5-7,10-15H2. The summed E-state index contributed by atoms with van der Waals surface area (Å²) in [4.78, 5) is 2.60. The van der Waals surface area contributed by atoms with Crippen LogP contribution in [-0.4, -0.2) is 42.1 Å². The molecule has 3 nitrogen and oxygen atoms in total. The molecule has 2 fully saturated rings. The van der Waals surface area contributed by atoms with Crippen molar-refractivity contribution in [1.82, 2.24) is 15.3 Å². The maximum atomic E-state index is 3.77. The molecule has 1 aromatic carbocycles. The van der Waals surface area contributed by atoms with Crippen molar-refractivity contribution in [2.45, 2.75) is 44.7 Å². The summed E-state index contributed by atoms with van der Waals surface area (Å²) >= 11 is 0. The first kappa shape index (κ1) is 14.1. The van der Waals surface area contributed by atoms with Crippen molar-refractivity contribution in [3.05, 3.63) is 35.9 Å². The Labute approximate surface area is 122 Å². The van der Waals surface area contributed by atoms with E-state index in [4.69, 9.17) is 0 Å². The summed E-state index contributed by atoms with van der Waals surface area (Å²) in [6, 6.07) is 11.5. The van der Waals surface area contributed by atoms with E-state index in [2.05, 4.69) is 45.7 Å². The quantitative estimate of drug-likeness (QED) is 0.910. The van der Waals surface area contributed by atoms with Crippen molar-refractivity contribution in [2.24, 2.45) is 0 Å². The number of nitrogens with one attached hydrogen (secondary N) is 1. The normalized spacial score (nSPS) is 25.7. The lowest BCUT2D eigenvalue weighted by atomic mass is 10.1. The van der Waals surface area contributed by atoms with Gasteiger partial charge in [-0.2, -0.15) is 0 Å². The molecule has 2 heterocycles. The van der Waals surface area contributed by atoms with Crippen molar-refractivity contribution in [3.8, 4) is 0 Å². The molecule has 1 N–H and O–H groups in total. The first-order chi connectivity index (χ1) is 9.90. The molecule has 1 aromatic rings. The highest BCUT2D eigenvalue weighted by Crippen LogP contribution is 2.15. The third kappa shape index (κ3) is 4.05. The SMILES string of the molecule is c1ccc(CN2CCCC(NN3CCCCC3)C2)cc1. The van der Waals surface area contributed by atoms with Crippen LogP contribution in [0.4, 0.5) is 0 Å². The molecule has 0 aromatic heterocycles. The second kappa shape index (κ2) is 7.21. The van der Waals surface area contributed by atoms with Gasteiger partial charge in [-0.15, -0.1) is 0 Å². The molecule has 110 valence electrons. The van der Waals surface area contributed by atoms with Gasteiger partial charge in [-0.3, -0.25) is 10.3 Å². The molecule has 3 heteroatoms. The molecule has 1 atom stereocenters. The average molecular weight is 273 g/mol. The van der Waals surface area contributed by atoms with Gasteiger partial charge in [0.2, 0.25) is 0 Å². The first-order valence-electron chi connectivity index (χ1n) is 8.17. The van der Waals surface area contributed by atoms with E-state index in [1.54, 1.807) is 0 Å². The van der Waals surface area contributed by atoms with Crippen molar-refractivity contribution in [1.29, 1.82) is 0 Å². The van der Waals surface area contributed by atoms with Gasteiger partial charge in [-0.05, 0) is 37.8 Å². The number of piperidine rings is 2. The topological polar surface area (TPSA) is 18.5 Å². The smallest absolute Gasteiger partial charge is 0.0343 e. The molecular weight excluding hydrogens is 246 g/mol. The van der Waals surface area contributed by atoms with Crippen molar-refractivity contribution in [3.63, 3.8) is 0 Å². The summed E-state index contributed by atoms with van der Waals surface area (Å²) in [5, 5.41) is 2.46. The van der Waals surface area contributed by atoms with Crippen molar-refractivity contribution >= 4 is 0 Å². The van der Waals surface area contributed by atoms with Gasteiger partial charge >= 0.3 is 0 Å². The molecule has 0 spiro atoms. The number of nitrogens with zero attached hydrogens (tertiary/aromatic N) is 2. The minimum absolute atomic E-state index is 0.644. The zero-order chi connectivity index (χ0) is 13.6. The van der Waals surface area contributed by atoms with Gasteiger partial charge in [-0.25, -0.2) is 5.01 Å². The van der Waals surface area contributed by atoms with Crippen LogP contribution < -0.4 is 5.43 Å².